The number of likely N-dealkylation sites (N-methyl/N-ethyl adjacent to an activating group) is 1. The zero-order valence-corrected chi connectivity index (χ0v) is 8.80. The molecule has 0 bridgehead atoms. The van der Waals surface area contributed by atoms with Crippen molar-refractivity contribution in [1.29, 1.82) is 0 Å². The second-order valence-corrected chi connectivity index (χ2v) is 3.49. The molecule has 0 saturated heterocycles. The van der Waals surface area contributed by atoms with Crippen molar-refractivity contribution in [3.63, 3.8) is 0 Å². The van der Waals surface area contributed by atoms with E-state index in [1.807, 2.05) is 0 Å². The predicted octanol–water partition coefficient (Wildman–Crippen LogP) is 1.16. The zero-order chi connectivity index (χ0) is 11.7. The molecule has 2 amide bonds. The highest BCUT2D eigenvalue weighted by Crippen LogP contribution is 2.24. The number of phenols is 1. The Balaban J connectivity index is 2.36. The average Bonchev–Trinajstić information content (AvgIpc) is 2.55. The Morgan fingerprint density at radius 3 is 2.31 bits per heavy atom. The van der Waals surface area contributed by atoms with E-state index in [9.17, 15) is 9.59 Å². The number of benzene rings is 1. The van der Waals surface area contributed by atoms with Gasteiger partial charge in [-0.1, -0.05) is 12.1 Å². The van der Waals surface area contributed by atoms with Crippen LogP contribution in [-0.4, -0.2) is 28.4 Å². The van der Waals surface area contributed by atoms with E-state index in [1.165, 1.54) is 23.1 Å². The average molecular weight is 217 g/mol. The van der Waals surface area contributed by atoms with Crippen LogP contribution in [0.3, 0.4) is 0 Å². The lowest BCUT2D eigenvalue weighted by molar-refractivity contribution is -0.136. The fourth-order valence-corrected chi connectivity index (χ4v) is 1.66. The molecular weight excluding hydrogens is 206 g/mol. The summed E-state index contributed by atoms with van der Waals surface area (Å²) in [6.07, 6.45) is 1.33. The van der Waals surface area contributed by atoms with Crippen LogP contribution in [0.1, 0.15) is 12.5 Å². The number of phenolic OH excluding ortho intramolecular Hbond substituents is 1. The lowest BCUT2D eigenvalue weighted by atomic mass is 10.1. The summed E-state index contributed by atoms with van der Waals surface area (Å²) in [7, 11) is 0. The van der Waals surface area contributed by atoms with Crippen molar-refractivity contribution in [2.45, 2.75) is 6.92 Å². The SMILES string of the molecule is CCN1C(=O)C=C(c2ccc(O)cc2)C1=O. The van der Waals surface area contributed by atoms with Crippen LogP contribution in [0.25, 0.3) is 5.57 Å². The van der Waals surface area contributed by atoms with Gasteiger partial charge in [-0.05, 0) is 24.6 Å². The fraction of sp³-hybridized carbons (Fsp3) is 0.167. The number of amides is 2. The largest absolute Gasteiger partial charge is 0.508 e. The third-order valence-electron chi connectivity index (χ3n) is 2.50. The second kappa shape index (κ2) is 3.81. The van der Waals surface area contributed by atoms with Crippen LogP contribution in [0, 0.1) is 0 Å². The number of hydrogen-bond acceptors (Lipinski definition) is 3. The summed E-state index contributed by atoms with van der Waals surface area (Å²) in [5.74, 6) is -0.428. The van der Waals surface area contributed by atoms with Gasteiger partial charge >= 0.3 is 0 Å². The molecule has 0 radical (unpaired) electrons. The molecule has 4 nitrogen and oxygen atoms in total. The number of nitrogens with zero attached hydrogens (tertiary/aromatic N) is 1. The van der Waals surface area contributed by atoms with Gasteiger partial charge in [0, 0.05) is 12.6 Å². The van der Waals surface area contributed by atoms with Gasteiger partial charge in [-0.3, -0.25) is 14.5 Å². The van der Waals surface area contributed by atoms with Crippen LogP contribution < -0.4 is 0 Å². The number of imide groups is 1. The Kier molecular flexibility index (Phi) is 2.48. The van der Waals surface area contributed by atoms with E-state index in [0.29, 0.717) is 17.7 Å². The minimum Gasteiger partial charge on any atom is -0.508 e. The van der Waals surface area contributed by atoms with Crippen LogP contribution in [0.4, 0.5) is 0 Å². The molecule has 82 valence electrons. The van der Waals surface area contributed by atoms with Crippen molar-refractivity contribution in [3.05, 3.63) is 35.9 Å². The van der Waals surface area contributed by atoms with Crippen LogP contribution in [0.5, 0.6) is 5.75 Å². The molecule has 1 aliphatic rings. The summed E-state index contributed by atoms with van der Waals surface area (Å²) in [5.41, 5.74) is 1.03. The first kappa shape index (κ1) is 10.4. The molecule has 0 aromatic heterocycles. The summed E-state index contributed by atoms with van der Waals surface area (Å²) >= 11 is 0. The van der Waals surface area contributed by atoms with E-state index >= 15 is 0 Å². The molecule has 1 aromatic carbocycles. The van der Waals surface area contributed by atoms with E-state index in [0.717, 1.165) is 0 Å². The van der Waals surface area contributed by atoms with E-state index in [-0.39, 0.29) is 17.6 Å². The van der Waals surface area contributed by atoms with Gasteiger partial charge in [-0.2, -0.15) is 0 Å². The van der Waals surface area contributed by atoms with Crippen LogP contribution in [0.15, 0.2) is 30.3 Å². The smallest absolute Gasteiger partial charge is 0.261 e. The molecule has 1 N–H and O–H groups in total. The highest BCUT2D eigenvalue weighted by Gasteiger charge is 2.30. The Morgan fingerprint density at radius 2 is 1.81 bits per heavy atom. The standard InChI is InChI=1S/C12H11NO3/c1-2-13-11(15)7-10(12(13)16)8-3-5-9(14)6-4-8/h3-7,14H,2H2,1H3. The van der Waals surface area contributed by atoms with Crippen molar-refractivity contribution >= 4 is 17.4 Å². The van der Waals surface area contributed by atoms with Crippen molar-refractivity contribution < 1.29 is 14.7 Å². The molecular formula is C12H11NO3. The Hall–Kier alpha value is -2.10. The van der Waals surface area contributed by atoms with E-state index in [4.69, 9.17) is 5.11 Å². The first-order chi connectivity index (χ1) is 7.63. The fourth-order valence-electron chi connectivity index (χ4n) is 1.66. The summed E-state index contributed by atoms with van der Waals surface area (Å²) in [6.45, 7) is 2.12. The van der Waals surface area contributed by atoms with E-state index in [2.05, 4.69) is 0 Å². The monoisotopic (exact) mass is 217 g/mol. The Morgan fingerprint density at radius 1 is 1.19 bits per heavy atom. The molecule has 16 heavy (non-hydrogen) atoms. The molecule has 1 aromatic rings. The number of hydrogen-bond donors (Lipinski definition) is 1. The maximum Gasteiger partial charge on any atom is 0.261 e. The van der Waals surface area contributed by atoms with Gasteiger partial charge in [-0.15, -0.1) is 0 Å². The molecule has 0 unspecified atom stereocenters. The minimum absolute atomic E-state index is 0.133. The lowest BCUT2D eigenvalue weighted by Crippen LogP contribution is -2.30. The normalized spacial score (nSPS) is 15.6. The van der Waals surface area contributed by atoms with Gasteiger partial charge in [0.05, 0.1) is 5.57 Å². The molecule has 0 aliphatic carbocycles. The number of aromatic hydroxyl groups is 1. The summed E-state index contributed by atoms with van der Waals surface area (Å²) < 4.78 is 0. The highest BCUT2D eigenvalue weighted by molar-refractivity contribution is 6.33. The first-order valence-electron chi connectivity index (χ1n) is 5.00. The zero-order valence-electron chi connectivity index (χ0n) is 8.80. The third kappa shape index (κ3) is 1.58. The van der Waals surface area contributed by atoms with Gasteiger partial charge < -0.3 is 5.11 Å². The second-order valence-electron chi connectivity index (χ2n) is 3.49. The molecule has 1 heterocycles. The van der Waals surface area contributed by atoms with Gasteiger partial charge in [0.1, 0.15) is 5.75 Å². The number of carbonyl (C=O) groups is 2. The van der Waals surface area contributed by atoms with Crippen LogP contribution >= 0.6 is 0 Å². The van der Waals surface area contributed by atoms with Gasteiger partial charge in [0.15, 0.2) is 0 Å². The summed E-state index contributed by atoms with van der Waals surface area (Å²) in [4.78, 5) is 24.4. The summed E-state index contributed by atoms with van der Waals surface area (Å²) in [6, 6.07) is 6.21. The van der Waals surface area contributed by atoms with E-state index < -0.39 is 0 Å². The Bertz CT molecular complexity index is 474. The predicted molar refractivity (Wildman–Crippen MR) is 58.5 cm³/mol. The highest BCUT2D eigenvalue weighted by atomic mass is 16.3. The van der Waals surface area contributed by atoms with Crippen molar-refractivity contribution in [2.24, 2.45) is 0 Å². The molecule has 4 heteroatoms. The molecule has 0 fully saturated rings. The lowest BCUT2D eigenvalue weighted by Gasteiger charge is -2.11. The molecule has 0 saturated carbocycles. The molecule has 1 aliphatic heterocycles. The number of carbonyl (C=O) groups excluding carboxylic acids is 2. The van der Waals surface area contributed by atoms with Crippen molar-refractivity contribution in [2.75, 3.05) is 6.54 Å². The van der Waals surface area contributed by atoms with Gasteiger partial charge in [-0.25, -0.2) is 0 Å². The molecule has 2 rings (SSSR count). The molecule has 0 atom stereocenters. The Labute approximate surface area is 92.8 Å². The first-order valence-corrected chi connectivity index (χ1v) is 5.00. The van der Waals surface area contributed by atoms with Gasteiger partial charge in [0.25, 0.3) is 11.8 Å². The maximum atomic E-state index is 11.8. The number of rotatable bonds is 2. The summed E-state index contributed by atoms with van der Waals surface area (Å²) in [5, 5.41) is 9.13. The molecule has 0 spiro atoms. The quantitative estimate of drug-likeness (QED) is 0.756. The third-order valence-corrected chi connectivity index (χ3v) is 2.50. The van der Waals surface area contributed by atoms with E-state index in [1.54, 1.807) is 19.1 Å². The minimum atomic E-state index is -0.282. The van der Waals surface area contributed by atoms with Crippen molar-refractivity contribution in [3.8, 4) is 5.75 Å². The van der Waals surface area contributed by atoms with Gasteiger partial charge in [0.2, 0.25) is 0 Å². The van der Waals surface area contributed by atoms with Crippen LogP contribution in [0.2, 0.25) is 0 Å². The maximum absolute atomic E-state index is 11.8. The van der Waals surface area contributed by atoms with Crippen LogP contribution in [-0.2, 0) is 9.59 Å². The van der Waals surface area contributed by atoms with Crippen molar-refractivity contribution in [1.82, 2.24) is 4.90 Å². The topological polar surface area (TPSA) is 57.6 Å².